The zero-order valence-electron chi connectivity index (χ0n) is 13.7. The first-order valence-corrected chi connectivity index (χ1v) is 8.33. The van der Waals surface area contributed by atoms with E-state index in [2.05, 4.69) is 0 Å². The molecule has 0 aliphatic carbocycles. The molecule has 0 saturated carbocycles. The molecule has 0 bridgehead atoms. The topological polar surface area (TPSA) is 72.7 Å². The van der Waals surface area contributed by atoms with Crippen LogP contribution in [0.4, 0.5) is 5.69 Å². The van der Waals surface area contributed by atoms with Gasteiger partial charge in [0.25, 0.3) is 0 Å². The standard InChI is InChI=1S/C19H20N2O4/c22-14-17-11-12-18(20(25-17)16-9-5-2-6-10-16)19(21(23)24)13-15-7-3-1-4-8-15/h1-10,14,17-19H,11-13H2/t17-,18-,19?/m1/s1. The van der Waals surface area contributed by atoms with E-state index in [1.54, 1.807) is 5.06 Å². The molecular formula is C19H20N2O4. The SMILES string of the molecule is O=C[C@H]1CC[C@H](C(Cc2ccccc2)[N+](=O)[O-])N(c2ccccc2)O1. The van der Waals surface area contributed by atoms with Gasteiger partial charge in [-0.05, 0) is 30.5 Å². The smallest absolute Gasteiger partial charge is 0.239 e. The number of hydroxylamine groups is 1. The molecule has 2 aromatic carbocycles. The van der Waals surface area contributed by atoms with Crippen molar-refractivity contribution < 1.29 is 14.6 Å². The molecule has 3 atom stereocenters. The molecule has 1 heterocycles. The maximum atomic E-state index is 11.8. The van der Waals surface area contributed by atoms with Crippen LogP contribution in [0.25, 0.3) is 0 Å². The highest BCUT2D eigenvalue weighted by Crippen LogP contribution is 2.30. The summed E-state index contributed by atoms with van der Waals surface area (Å²) in [6.07, 6.45) is 1.51. The van der Waals surface area contributed by atoms with Gasteiger partial charge in [-0.25, -0.2) is 5.06 Å². The van der Waals surface area contributed by atoms with Crippen molar-refractivity contribution in [2.75, 3.05) is 5.06 Å². The largest absolute Gasteiger partial charge is 0.300 e. The van der Waals surface area contributed by atoms with E-state index >= 15 is 0 Å². The summed E-state index contributed by atoms with van der Waals surface area (Å²) in [4.78, 5) is 28.5. The number of hydrogen-bond acceptors (Lipinski definition) is 5. The molecule has 1 aliphatic heterocycles. The van der Waals surface area contributed by atoms with E-state index in [9.17, 15) is 14.9 Å². The Balaban J connectivity index is 1.89. The van der Waals surface area contributed by atoms with Gasteiger partial charge in [-0.2, -0.15) is 0 Å². The number of anilines is 1. The zero-order valence-corrected chi connectivity index (χ0v) is 13.7. The third-order valence-corrected chi connectivity index (χ3v) is 4.46. The van der Waals surface area contributed by atoms with Crippen LogP contribution in [-0.2, 0) is 16.1 Å². The van der Waals surface area contributed by atoms with Gasteiger partial charge < -0.3 is 4.79 Å². The first-order chi connectivity index (χ1) is 12.2. The summed E-state index contributed by atoms with van der Waals surface area (Å²) in [5.41, 5.74) is 1.63. The molecule has 0 spiro atoms. The van der Waals surface area contributed by atoms with Crippen LogP contribution in [0.1, 0.15) is 18.4 Å². The summed E-state index contributed by atoms with van der Waals surface area (Å²) in [6, 6.07) is 17.4. The van der Waals surface area contributed by atoms with Crippen molar-refractivity contribution >= 4 is 12.0 Å². The number of aldehydes is 1. The lowest BCUT2D eigenvalue weighted by Crippen LogP contribution is -2.53. The van der Waals surface area contributed by atoms with E-state index in [1.807, 2.05) is 60.7 Å². The van der Waals surface area contributed by atoms with Gasteiger partial charge in [0.2, 0.25) is 6.04 Å². The molecule has 1 saturated heterocycles. The summed E-state index contributed by atoms with van der Waals surface area (Å²) in [5.74, 6) is 0. The first-order valence-electron chi connectivity index (χ1n) is 8.33. The Kier molecular flexibility index (Phi) is 5.40. The van der Waals surface area contributed by atoms with Gasteiger partial charge in [0, 0.05) is 11.3 Å². The lowest BCUT2D eigenvalue weighted by atomic mass is 9.93. The van der Waals surface area contributed by atoms with Crippen LogP contribution in [0.3, 0.4) is 0 Å². The normalized spacial score (nSPS) is 21.5. The van der Waals surface area contributed by atoms with Crippen molar-refractivity contribution in [3.05, 3.63) is 76.3 Å². The van der Waals surface area contributed by atoms with E-state index in [1.165, 1.54) is 0 Å². The Morgan fingerprint density at radius 2 is 1.76 bits per heavy atom. The molecular weight excluding hydrogens is 320 g/mol. The minimum absolute atomic E-state index is 0.238. The maximum absolute atomic E-state index is 11.8. The molecule has 0 radical (unpaired) electrons. The van der Waals surface area contributed by atoms with Crippen molar-refractivity contribution in [1.82, 2.24) is 0 Å². The highest BCUT2D eigenvalue weighted by molar-refractivity contribution is 5.57. The van der Waals surface area contributed by atoms with Gasteiger partial charge in [0.15, 0.2) is 6.29 Å². The molecule has 2 aromatic rings. The molecule has 25 heavy (non-hydrogen) atoms. The Morgan fingerprint density at radius 1 is 1.12 bits per heavy atom. The highest BCUT2D eigenvalue weighted by atomic mass is 16.7. The molecule has 6 heteroatoms. The number of rotatable bonds is 6. The average molecular weight is 340 g/mol. The Bertz CT molecular complexity index is 708. The number of para-hydroxylation sites is 1. The molecule has 6 nitrogen and oxygen atoms in total. The Hall–Kier alpha value is -2.73. The predicted octanol–water partition coefficient (Wildman–Crippen LogP) is 3.04. The lowest BCUT2D eigenvalue weighted by Gasteiger charge is -2.39. The third-order valence-electron chi connectivity index (χ3n) is 4.46. The summed E-state index contributed by atoms with van der Waals surface area (Å²) < 4.78 is 0. The minimum Gasteiger partial charge on any atom is -0.300 e. The lowest BCUT2D eigenvalue weighted by molar-refractivity contribution is -0.527. The number of benzene rings is 2. The summed E-state index contributed by atoms with van der Waals surface area (Å²) in [5, 5.41) is 13.3. The van der Waals surface area contributed by atoms with E-state index in [0.29, 0.717) is 19.3 Å². The van der Waals surface area contributed by atoms with E-state index in [-0.39, 0.29) is 4.92 Å². The summed E-state index contributed by atoms with van der Waals surface area (Å²) >= 11 is 0. The number of carbonyl (C=O) groups excluding carboxylic acids is 1. The third kappa shape index (κ3) is 4.03. The monoisotopic (exact) mass is 340 g/mol. The molecule has 130 valence electrons. The Morgan fingerprint density at radius 3 is 2.36 bits per heavy atom. The van der Waals surface area contributed by atoms with Crippen LogP contribution in [0.5, 0.6) is 0 Å². The Labute approximate surface area is 146 Å². The predicted molar refractivity (Wildman–Crippen MR) is 93.8 cm³/mol. The molecule has 0 aromatic heterocycles. The van der Waals surface area contributed by atoms with Gasteiger partial charge >= 0.3 is 0 Å². The van der Waals surface area contributed by atoms with Gasteiger partial charge in [0.1, 0.15) is 12.1 Å². The maximum Gasteiger partial charge on any atom is 0.239 e. The van der Waals surface area contributed by atoms with Crippen LogP contribution in [0, 0.1) is 10.1 Å². The molecule has 1 fully saturated rings. The van der Waals surface area contributed by atoms with Gasteiger partial charge in [-0.15, -0.1) is 0 Å². The van der Waals surface area contributed by atoms with Crippen LogP contribution in [0.15, 0.2) is 60.7 Å². The van der Waals surface area contributed by atoms with E-state index in [0.717, 1.165) is 17.5 Å². The second-order valence-electron chi connectivity index (χ2n) is 6.13. The first kappa shape index (κ1) is 17.1. The van der Waals surface area contributed by atoms with Crippen LogP contribution in [0.2, 0.25) is 0 Å². The zero-order chi connectivity index (χ0) is 17.6. The molecule has 0 N–H and O–H groups in total. The fourth-order valence-electron chi connectivity index (χ4n) is 3.20. The van der Waals surface area contributed by atoms with E-state index in [4.69, 9.17) is 4.84 Å². The van der Waals surface area contributed by atoms with Crippen molar-refractivity contribution in [2.45, 2.75) is 37.5 Å². The van der Waals surface area contributed by atoms with Crippen molar-refractivity contribution in [3.63, 3.8) is 0 Å². The fourth-order valence-corrected chi connectivity index (χ4v) is 3.20. The minimum atomic E-state index is -0.824. The highest BCUT2D eigenvalue weighted by Gasteiger charge is 2.41. The summed E-state index contributed by atoms with van der Waals surface area (Å²) in [7, 11) is 0. The van der Waals surface area contributed by atoms with Crippen LogP contribution >= 0.6 is 0 Å². The number of hydrogen-bond donors (Lipinski definition) is 0. The quantitative estimate of drug-likeness (QED) is 0.459. The number of carbonyl (C=O) groups is 1. The van der Waals surface area contributed by atoms with Crippen molar-refractivity contribution in [3.8, 4) is 0 Å². The number of nitrogens with zero attached hydrogens (tertiary/aromatic N) is 2. The van der Waals surface area contributed by atoms with Gasteiger partial charge in [-0.3, -0.25) is 15.0 Å². The van der Waals surface area contributed by atoms with Crippen molar-refractivity contribution in [1.29, 1.82) is 0 Å². The van der Waals surface area contributed by atoms with Crippen LogP contribution < -0.4 is 5.06 Å². The summed E-state index contributed by atoms with van der Waals surface area (Å²) in [6.45, 7) is 0. The van der Waals surface area contributed by atoms with Crippen molar-refractivity contribution in [2.24, 2.45) is 0 Å². The second-order valence-corrected chi connectivity index (χ2v) is 6.13. The van der Waals surface area contributed by atoms with Gasteiger partial charge in [-0.1, -0.05) is 48.5 Å². The molecule has 0 amide bonds. The average Bonchev–Trinajstić information content (AvgIpc) is 2.67. The molecule has 3 rings (SSSR count). The fraction of sp³-hybridized carbons (Fsp3) is 0.316. The molecule has 1 aliphatic rings. The van der Waals surface area contributed by atoms with Gasteiger partial charge in [0.05, 0.1) is 5.69 Å². The second kappa shape index (κ2) is 7.90. The number of nitro groups is 1. The van der Waals surface area contributed by atoms with Crippen LogP contribution in [-0.4, -0.2) is 29.4 Å². The van der Waals surface area contributed by atoms with E-state index < -0.39 is 18.2 Å². The molecule has 1 unspecified atom stereocenters.